The second kappa shape index (κ2) is 5.13. The monoisotopic (exact) mass is 245 g/mol. The Balaban J connectivity index is 2.34. The topological polar surface area (TPSA) is 32.6 Å². The Bertz CT molecular complexity index is 433. The predicted molar refractivity (Wildman–Crippen MR) is 75.6 cm³/mol. The van der Waals surface area contributed by atoms with Crippen molar-refractivity contribution in [2.75, 3.05) is 0 Å². The normalized spacial score (nSPS) is 26.8. The van der Waals surface area contributed by atoms with Crippen LogP contribution in [0, 0.1) is 0 Å². The summed E-state index contributed by atoms with van der Waals surface area (Å²) < 4.78 is 0. The van der Waals surface area contributed by atoms with Crippen molar-refractivity contribution in [2.24, 2.45) is 5.16 Å². The zero-order chi connectivity index (χ0) is 13.2. The van der Waals surface area contributed by atoms with E-state index >= 15 is 0 Å². The molecular formula is C16H23NO. The average Bonchev–Trinajstić information content (AvgIpc) is 2.39. The maximum Gasteiger partial charge on any atom is 0.0673 e. The van der Waals surface area contributed by atoms with Crippen molar-refractivity contribution in [3.05, 3.63) is 35.4 Å². The van der Waals surface area contributed by atoms with Gasteiger partial charge in [-0.3, -0.25) is 0 Å². The van der Waals surface area contributed by atoms with Crippen molar-refractivity contribution in [1.29, 1.82) is 0 Å². The molecule has 1 aromatic rings. The van der Waals surface area contributed by atoms with Crippen LogP contribution in [0.3, 0.4) is 0 Å². The van der Waals surface area contributed by atoms with E-state index in [0.717, 1.165) is 25.0 Å². The summed E-state index contributed by atoms with van der Waals surface area (Å²) in [6.07, 6.45) is 4.34. The summed E-state index contributed by atoms with van der Waals surface area (Å²) in [5.74, 6) is 0.559. The van der Waals surface area contributed by atoms with Gasteiger partial charge in [0.25, 0.3) is 0 Å². The Morgan fingerprint density at radius 1 is 1.17 bits per heavy atom. The standard InChI is InChI=1S/C16H23NO/c1-12(2)13-7-9-14(10-8-13)16(3)11-5-4-6-15(16)17-18/h7-10,12,18H,4-6,11H2,1-3H3/b17-15+. The van der Waals surface area contributed by atoms with Crippen LogP contribution in [0.25, 0.3) is 0 Å². The van der Waals surface area contributed by atoms with E-state index in [9.17, 15) is 5.21 Å². The molecule has 0 aliphatic heterocycles. The van der Waals surface area contributed by atoms with Gasteiger partial charge in [0, 0.05) is 5.41 Å². The molecule has 1 N–H and O–H groups in total. The van der Waals surface area contributed by atoms with Gasteiger partial charge in [-0.15, -0.1) is 0 Å². The first-order valence-electron chi connectivity index (χ1n) is 6.90. The van der Waals surface area contributed by atoms with Crippen LogP contribution in [0.2, 0.25) is 0 Å². The van der Waals surface area contributed by atoms with Gasteiger partial charge < -0.3 is 5.21 Å². The van der Waals surface area contributed by atoms with Gasteiger partial charge in [0.1, 0.15) is 0 Å². The van der Waals surface area contributed by atoms with Crippen LogP contribution < -0.4 is 0 Å². The predicted octanol–water partition coefficient (Wildman–Crippen LogP) is 4.47. The molecule has 1 atom stereocenters. The highest BCUT2D eigenvalue weighted by Crippen LogP contribution is 2.37. The minimum Gasteiger partial charge on any atom is -0.411 e. The number of hydrogen-bond acceptors (Lipinski definition) is 2. The van der Waals surface area contributed by atoms with Crippen LogP contribution in [0.5, 0.6) is 0 Å². The third-order valence-corrected chi connectivity index (χ3v) is 4.31. The highest BCUT2D eigenvalue weighted by Gasteiger charge is 2.35. The van der Waals surface area contributed by atoms with Crippen molar-refractivity contribution >= 4 is 5.71 Å². The number of hydrogen-bond donors (Lipinski definition) is 1. The van der Waals surface area contributed by atoms with Crippen LogP contribution in [-0.2, 0) is 5.41 Å². The molecule has 0 aromatic heterocycles. The summed E-state index contributed by atoms with van der Waals surface area (Å²) in [6, 6.07) is 8.81. The molecule has 0 radical (unpaired) electrons. The summed E-state index contributed by atoms with van der Waals surface area (Å²) in [4.78, 5) is 0. The Morgan fingerprint density at radius 2 is 1.83 bits per heavy atom. The van der Waals surface area contributed by atoms with Gasteiger partial charge in [-0.25, -0.2) is 0 Å². The van der Waals surface area contributed by atoms with Crippen molar-refractivity contribution in [3.63, 3.8) is 0 Å². The molecule has 0 amide bonds. The molecule has 1 aromatic carbocycles. The van der Waals surface area contributed by atoms with Crippen LogP contribution in [-0.4, -0.2) is 10.9 Å². The molecule has 2 heteroatoms. The first-order valence-corrected chi connectivity index (χ1v) is 6.90. The van der Waals surface area contributed by atoms with Gasteiger partial charge in [0.2, 0.25) is 0 Å². The van der Waals surface area contributed by atoms with Crippen molar-refractivity contribution in [3.8, 4) is 0 Å². The lowest BCUT2D eigenvalue weighted by Crippen LogP contribution is -2.35. The number of rotatable bonds is 2. The first kappa shape index (κ1) is 13.1. The summed E-state index contributed by atoms with van der Waals surface area (Å²) in [5, 5.41) is 12.8. The van der Waals surface area contributed by atoms with E-state index in [1.807, 2.05) is 0 Å². The summed E-state index contributed by atoms with van der Waals surface area (Å²) in [5.41, 5.74) is 3.49. The van der Waals surface area contributed by atoms with Gasteiger partial charge in [-0.05, 0) is 36.3 Å². The lowest BCUT2D eigenvalue weighted by Gasteiger charge is -2.35. The Hall–Kier alpha value is -1.31. The second-order valence-electron chi connectivity index (χ2n) is 5.86. The fourth-order valence-electron chi connectivity index (χ4n) is 2.90. The molecule has 1 unspecified atom stereocenters. The summed E-state index contributed by atoms with van der Waals surface area (Å²) in [7, 11) is 0. The molecule has 0 heterocycles. The molecule has 18 heavy (non-hydrogen) atoms. The van der Waals surface area contributed by atoms with E-state index < -0.39 is 0 Å². The number of benzene rings is 1. The fraction of sp³-hybridized carbons (Fsp3) is 0.562. The number of nitrogens with zero attached hydrogens (tertiary/aromatic N) is 1. The molecule has 0 spiro atoms. The van der Waals surface area contributed by atoms with Crippen LogP contribution in [0.15, 0.2) is 29.4 Å². The van der Waals surface area contributed by atoms with Crippen molar-refractivity contribution in [1.82, 2.24) is 0 Å². The molecule has 1 aliphatic rings. The van der Waals surface area contributed by atoms with Gasteiger partial charge in [0.15, 0.2) is 0 Å². The SMILES string of the molecule is CC(C)c1ccc(C2(C)CCCC/C2=N\O)cc1. The first-order chi connectivity index (χ1) is 8.58. The maximum atomic E-state index is 9.22. The van der Waals surface area contributed by atoms with Gasteiger partial charge >= 0.3 is 0 Å². The molecule has 1 aliphatic carbocycles. The summed E-state index contributed by atoms with van der Waals surface area (Å²) in [6.45, 7) is 6.61. The second-order valence-corrected chi connectivity index (χ2v) is 5.86. The minimum absolute atomic E-state index is 0.0808. The molecule has 2 rings (SSSR count). The van der Waals surface area contributed by atoms with Crippen LogP contribution in [0.4, 0.5) is 0 Å². The Labute approximate surface area is 110 Å². The van der Waals surface area contributed by atoms with E-state index in [2.05, 4.69) is 50.2 Å². The quantitative estimate of drug-likeness (QED) is 0.605. The van der Waals surface area contributed by atoms with E-state index in [-0.39, 0.29) is 5.41 Å². The van der Waals surface area contributed by atoms with Crippen LogP contribution >= 0.6 is 0 Å². The highest BCUT2D eigenvalue weighted by molar-refractivity contribution is 5.94. The van der Waals surface area contributed by atoms with Crippen molar-refractivity contribution < 1.29 is 5.21 Å². The maximum absolute atomic E-state index is 9.22. The fourth-order valence-corrected chi connectivity index (χ4v) is 2.90. The third-order valence-electron chi connectivity index (χ3n) is 4.31. The zero-order valence-electron chi connectivity index (χ0n) is 11.6. The highest BCUT2D eigenvalue weighted by atomic mass is 16.4. The molecule has 0 saturated heterocycles. The summed E-state index contributed by atoms with van der Waals surface area (Å²) >= 11 is 0. The average molecular weight is 245 g/mol. The molecular weight excluding hydrogens is 222 g/mol. The largest absolute Gasteiger partial charge is 0.411 e. The van der Waals surface area contributed by atoms with Gasteiger partial charge in [-0.1, -0.05) is 56.6 Å². The van der Waals surface area contributed by atoms with E-state index in [0.29, 0.717) is 5.92 Å². The Kier molecular flexibility index (Phi) is 3.74. The Morgan fingerprint density at radius 3 is 2.39 bits per heavy atom. The molecule has 98 valence electrons. The van der Waals surface area contributed by atoms with E-state index in [4.69, 9.17) is 0 Å². The van der Waals surface area contributed by atoms with E-state index in [1.165, 1.54) is 17.5 Å². The lowest BCUT2D eigenvalue weighted by atomic mass is 9.69. The van der Waals surface area contributed by atoms with Gasteiger partial charge in [-0.2, -0.15) is 0 Å². The molecule has 1 fully saturated rings. The van der Waals surface area contributed by atoms with E-state index in [1.54, 1.807) is 0 Å². The molecule has 0 bridgehead atoms. The third kappa shape index (κ3) is 2.29. The van der Waals surface area contributed by atoms with Crippen LogP contribution in [0.1, 0.15) is 63.5 Å². The van der Waals surface area contributed by atoms with Crippen molar-refractivity contribution in [2.45, 2.75) is 57.8 Å². The molecule has 1 saturated carbocycles. The zero-order valence-corrected chi connectivity index (χ0v) is 11.6. The molecule has 2 nitrogen and oxygen atoms in total. The minimum atomic E-state index is -0.0808. The smallest absolute Gasteiger partial charge is 0.0673 e. The lowest BCUT2D eigenvalue weighted by molar-refractivity contribution is 0.306. The number of oxime groups is 1. The van der Waals surface area contributed by atoms with Gasteiger partial charge in [0.05, 0.1) is 5.71 Å².